The van der Waals surface area contributed by atoms with Crippen molar-refractivity contribution < 1.29 is 38.8 Å². The van der Waals surface area contributed by atoms with Crippen LogP contribution in [0.1, 0.15) is 23.5 Å². The van der Waals surface area contributed by atoms with Crippen molar-refractivity contribution in [1.82, 2.24) is 15.0 Å². The molecule has 0 saturated heterocycles. The average Bonchev–Trinajstić information content (AvgIpc) is 3.31. The Morgan fingerprint density at radius 2 is 1.73 bits per heavy atom. The summed E-state index contributed by atoms with van der Waals surface area (Å²) in [5.41, 5.74) is 6.90. The number of imidazole rings is 1. The lowest BCUT2D eigenvalue weighted by molar-refractivity contribution is -0.145. The second-order valence-electron chi connectivity index (χ2n) is 9.24. The van der Waals surface area contributed by atoms with Crippen LogP contribution in [-0.4, -0.2) is 76.0 Å². The first kappa shape index (κ1) is 29.0. The standard InChI is InChI=1S/C26H26N6O8S/c1-31(2)32(41(39)40)14-4-6-21(33)16(10-14)17-7-13(15(26(37)38)11-22(34)35)8-18(23(17)36)25-29-19-5-3-12(24(27)28)9-20(19)30-25/h3-10,15,33,36H,11H2,1-2H3,(H3,27,28)(H,29,30)(H,34,35)(H,37,38)(H,39,40). The third-order valence-electron chi connectivity index (χ3n) is 6.26. The fourth-order valence-electron chi connectivity index (χ4n) is 4.39. The highest BCUT2D eigenvalue weighted by Crippen LogP contribution is 2.45. The quantitative estimate of drug-likeness (QED) is 0.0585. The van der Waals surface area contributed by atoms with Gasteiger partial charge in [0.1, 0.15) is 23.2 Å². The van der Waals surface area contributed by atoms with Crippen LogP contribution in [0, 0.1) is 5.41 Å². The van der Waals surface area contributed by atoms with Gasteiger partial charge in [0, 0.05) is 30.8 Å². The van der Waals surface area contributed by atoms with Crippen LogP contribution >= 0.6 is 0 Å². The molecule has 0 aliphatic rings. The number of carboxylic acid groups (broad SMARTS) is 2. The molecule has 0 radical (unpaired) electrons. The van der Waals surface area contributed by atoms with Crippen molar-refractivity contribution in [2.45, 2.75) is 12.3 Å². The van der Waals surface area contributed by atoms with E-state index in [1.807, 2.05) is 0 Å². The normalized spacial score (nSPS) is 12.8. The van der Waals surface area contributed by atoms with Crippen molar-refractivity contribution in [3.05, 3.63) is 59.7 Å². The summed E-state index contributed by atoms with van der Waals surface area (Å²) in [5, 5.41) is 50.4. The molecule has 1 aromatic heterocycles. The molecule has 0 aliphatic carbocycles. The number of amidine groups is 1. The number of aromatic hydroxyl groups is 2. The number of rotatable bonds is 10. The number of nitrogens with one attached hydrogen (secondary N) is 2. The van der Waals surface area contributed by atoms with Crippen molar-refractivity contribution >= 4 is 45.8 Å². The largest absolute Gasteiger partial charge is 0.507 e. The maximum absolute atomic E-state index is 12.1. The molecule has 0 aliphatic heterocycles. The molecule has 4 aromatic rings. The number of hydrazine groups is 1. The monoisotopic (exact) mass is 582 g/mol. The van der Waals surface area contributed by atoms with Crippen LogP contribution in [0.15, 0.2) is 48.5 Å². The van der Waals surface area contributed by atoms with Crippen molar-refractivity contribution in [2.75, 3.05) is 18.5 Å². The number of nitrogens with two attached hydrogens (primary N) is 1. The van der Waals surface area contributed by atoms with Crippen LogP contribution in [0.4, 0.5) is 5.69 Å². The Hall–Kier alpha value is -4.99. The number of carbonyl (C=O) groups is 2. The number of nitrogens with zero attached hydrogens (tertiary/aromatic N) is 3. The fraction of sp³-hybridized carbons (Fsp3) is 0.154. The molecule has 41 heavy (non-hydrogen) atoms. The highest BCUT2D eigenvalue weighted by atomic mass is 32.2. The number of hydrogen-bond donors (Lipinski definition) is 8. The van der Waals surface area contributed by atoms with Gasteiger partial charge in [-0.05, 0) is 54.1 Å². The van der Waals surface area contributed by atoms with Crippen LogP contribution in [0.5, 0.6) is 11.5 Å². The molecular formula is C26H26N6O8S. The number of fused-ring (bicyclic) bond motifs is 1. The molecule has 3 aromatic carbocycles. The Balaban J connectivity index is 2.01. The highest BCUT2D eigenvalue weighted by molar-refractivity contribution is 7.80. The molecule has 0 spiro atoms. The van der Waals surface area contributed by atoms with Gasteiger partial charge in [-0.25, -0.2) is 14.2 Å². The van der Waals surface area contributed by atoms with E-state index in [0.717, 1.165) is 4.41 Å². The summed E-state index contributed by atoms with van der Waals surface area (Å²) in [6.45, 7) is 0. The minimum absolute atomic E-state index is 0.00489. The zero-order chi connectivity index (χ0) is 30.2. The van der Waals surface area contributed by atoms with Gasteiger partial charge in [0.2, 0.25) is 0 Å². The molecule has 0 bridgehead atoms. The van der Waals surface area contributed by atoms with E-state index in [4.69, 9.17) is 11.1 Å². The molecular weight excluding hydrogens is 556 g/mol. The molecule has 1 heterocycles. The predicted molar refractivity (Wildman–Crippen MR) is 151 cm³/mol. The van der Waals surface area contributed by atoms with Gasteiger partial charge in [-0.3, -0.25) is 19.6 Å². The average molecular weight is 583 g/mol. The number of H-pyrrole nitrogens is 1. The van der Waals surface area contributed by atoms with Crippen LogP contribution in [0.25, 0.3) is 33.5 Å². The predicted octanol–water partition coefficient (Wildman–Crippen LogP) is 2.65. The summed E-state index contributed by atoms with van der Waals surface area (Å²) in [4.78, 5) is 31.1. The summed E-state index contributed by atoms with van der Waals surface area (Å²) in [5.74, 6) is -5.22. The number of carboxylic acids is 2. The van der Waals surface area contributed by atoms with Gasteiger partial charge >= 0.3 is 11.9 Å². The number of aromatic amines is 1. The molecule has 4 rings (SSSR count). The number of benzene rings is 3. The molecule has 0 fully saturated rings. The number of aliphatic carboxylic acids is 2. The van der Waals surface area contributed by atoms with E-state index in [-0.39, 0.29) is 45.4 Å². The third kappa shape index (κ3) is 5.81. The molecule has 14 nitrogen and oxygen atoms in total. The van der Waals surface area contributed by atoms with Gasteiger partial charge in [0.25, 0.3) is 11.3 Å². The van der Waals surface area contributed by atoms with Crippen LogP contribution < -0.4 is 10.1 Å². The number of nitrogen functional groups attached to an aromatic ring is 1. The molecule has 214 valence electrons. The molecule has 0 amide bonds. The first-order valence-corrected chi connectivity index (χ1v) is 12.9. The molecule has 2 unspecified atom stereocenters. The Kier molecular flexibility index (Phi) is 7.95. The van der Waals surface area contributed by atoms with E-state index in [1.54, 1.807) is 18.2 Å². The number of hydrogen-bond acceptors (Lipinski definition) is 8. The second-order valence-corrected chi connectivity index (χ2v) is 10.0. The minimum atomic E-state index is -2.50. The lowest BCUT2D eigenvalue weighted by atomic mass is 9.89. The van der Waals surface area contributed by atoms with Gasteiger partial charge in [-0.1, -0.05) is 0 Å². The van der Waals surface area contributed by atoms with E-state index in [1.165, 1.54) is 49.4 Å². The van der Waals surface area contributed by atoms with E-state index in [2.05, 4.69) is 9.97 Å². The van der Waals surface area contributed by atoms with Crippen molar-refractivity contribution in [3.63, 3.8) is 0 Å². The third-order valence-corrected chi connectivity index (χ3v) is 7.10. The Morgan fingerprint density at radius 1 is 1.05 bits per heavy atom. The van der Waals surface area contributed by atoms with Crippen LogP contribution in [-0.2, 0) is 20.9 Å². The van der Waals surface area contributed by atoms with Gasteiger partial charge in [-0.15, -0.1) is 0 Å². The maximum atomic E-state index is 12.1. The highest BCUT2D eigenvalue weighted by Gasteiger charge is 2.28. The smallest absolute Gasteiger partial charge is 0.311 e. The Labute approximate surface area is 235 Å². The van der Waals surface area contributed by atoms with E-state index < -0.39 is 41.3 Å². The number of phenolic OH excluding ortho intramolecular Hbond substituents is 2. The summed E-state index contributed by atoms with van der Waals surface area (Å²) in [7, 11) is 3.03. The summed E-state index contributed by atoms with van der Waals surface area (Å²) >= 11 is -2.50. The first-order valence-electron chi connectivity index (χ1n) is 11.9. The first-order chi connectivity index (χ1) is 19.3. The SMILES string of the molecule is CN(C)N(c1ccc(O)c(-c2cc(C(CC(=O)O)C(=O)O)cc(-c3nc4ccc(C(=N)N)cc4[nH]3)c2O)c1)S(=O)O. The van der Waals surface area contributed by atoms with E-state index >= 15 is 0 Å². The summed E-state index contributed by atoms with van der Waals surface area (Å²) in [6, 6.07) is 11.2. The maximum Gasteiger partial charge on any atom is 0.311 e. The molecule has 0 saturated carbocycles. The number of phenols is 2. The second kappa shape index (κ2) is 11.2. The van der Waals surface area contributed by atoms with Crippen LogP contribution in [0.2, 0.25) is 0 Å². The molecule has 9 N–H and O–H groups in total. The topological polar surface area (TPSA) is 237 Å². The van der Waals surface area contributed by atoms with Gasteiger partial charge < -0.3 is 31.1 Å². The zero-order valence-electron chi connectivity index (χ0n) is 21.7. The Morgan fingerprint density at radius 3 is 2.32 bits per heavy atom. The van der Waals surface area contributed by atoms with Crippen molar-refractivity contribution in [2.24, 2.45) is 5.73 Å². The van der Waals surface area contributed by atoms with Gasteiger partial charge in [0.15, 0.2) is 0 Å². The number of aromatic nitrogens is 2. The van der Waals surface area contributed by atoms with Gasteiger partial charge in [-0.2, -0.15) is 4.41 Å². The van der Waals surface area contributed by atoms with E-state index in [9.17, 15) is 38.8 Å². The van der Waals surface area contributed by atoms with Crippen LogP contribution in [0.3, 0.4) is 0 Å². The lowest BCUT2D eigenvalue weighted by Gasteiger charge is -2.27. The van der Waals surface area contributed by atoms with E-state index in [0.29, 0.717) is 16.6 Å². The summed E-state index contributed by atoms with van der Waals surface area (Å²) in [6.07, 6.45) is -0.773. The summed E-state index contributed by atoms with van der Waals surface area (Å²) < 4.78 is 22.8. The van der Waals surface area contributed by atoms with Crippen molar-refractivity contribution in [1.29, 1.82) is 5.41 Å². The Bertz CT molecular complexity index is 1720. The lowest BCUT2D eigenvalue weighted by Crippen LogP contribution is -2.38. The van der Waals surface area contributed by atoms with Crippen molar-refractivity contribution in [3.8, 4) is 34.0 Å². The molecule has 15 heteroatoms. The molecule has 2 atom stereocenters. The zero-order valence-corrected chi connectivity index (χ0v) is 22.5. The minimum Gasteiger partial charge on any atom is -0.507 e. The number of anilines is 1. The van der Waals surface area contributed by atoms with Gasteiger partial charge in [0.05, 0.1) is 34.6 Å². The fourth-order valence-corrected chi connectivity index (χ4v) is 4.96.